The van der Waals surface area contributed by atoms with Crippen molar-refractivity contribution in [3.8, 4) is 0 Å². The molecule has 4 unspecified atom stereocenters. The SMILES string of the molecule is CCC(Cl)(Cl)COC(=O)C1CCC[N+](O)(C(C)NC(=O)C(NC=O)C(C)C)N1. The van der Waals surface area contributed by atoms with Crippen molar-refractivity contribution in [3.63, 3.8) is 0 Å². The number of hydrogen-bond donors (Lipinski definition) is 4. The number of carbonyl (C=O) groups excluding carboxylic acids is 3. The molecule has 1 aliphatic heterocycles. The molecule has 4 atom stereocenters. The summed E-state index contributed by atoms with van der Waals surface area (Å²) in [5.41, 5.74) is 2.82. The fraction of sp³-hybridized carbons (Fsp3) is 0.824. The van der Waals surface area contributed by atoms with E-state index in [2.05, 4.69) is 16.1 Å². The lowest BCUT2D eigenvalue weighted by Crippen LogP contribution is -2.72. The number of rotatable bonds is 10. The highest BCUT2D eigenvalue weighted by Crippen LogP contribution is 2.25. The molecule has 162 valence electrons. The van der Waals surface area contributed by atoms with Gasteiger partial charge in [-0.1, -0.05) is 48.7 Å². The van der Waals surface area contributed by atoms with Crippen molar-refractivity contribution in [2.24, 2.45) is 5.92 Å². The second kappa shape index (κ2) is 10.6. The van der Waals surface area contributed by atoms with Gasteiger partial charge < -0.3 is 15.4 Å². The number of halogens is 2. The van der Waals surface area contributed by atoms with E-state index in [9.17, 15) is 19.6 Å². The van der Waals surface area contributed by atoms with Gasteiger partial charge in [0, 0.05) is 13.3 Å². The minimum Gasteiger partial charge on any atom is -0.461 e. The van der Waals surface area contributed by atoms with Gasteiger partial charge in [0.1, 0.15) is 19.2 Å². The molecule has 0 radical (unpaired) electrons. The van der Waals surface area contributed by atoms with E-state index >= 15 is 0 Å². The number of quaternary nitrogens is 1. The minimum atomic E-state index is -1.16. The maximum Gasteiger partial charge on any atom is 0.328 e. The van der Waals surface area contributed by atoms with Gasteiger partial charge in [0.25, 0.3) is 0 Å². The average molecular weight is 442 g/mol. The number of esters is 1. The lowest BCUT2D eigenvalue weighted by atomic mass is 10.0. The van der Waals surface area contributed by atoms with Gasteiger partial charge in [-0.05, 0) is 18.8 Å². The molecule has 1 saturated heterocycles. The summed E-state index contributed by atoms with van der Waals surface area (Å²) >= 11 is 12.0. The van der Waals surface area contributed by atoms with Gasteiger partial charge in [0.05, 0.1) is 0 Å². The Labute approximate surface area is 175 Å². The first-order valence-electron chi connectivity index (χ1n) is 9.38. The number of alkyl halides is 2. The van der Waals surface area contributed by atoms with Crippen molar-refractivity contribution in [1.29, 1.82) is 0 Å². The van der Waals surface area contributed by atoms with Crippen LogP contribution in [-0.4, -0.2) is 64.0 Å². The summed E-state index contributed by atoms with van der Waals surface area (Å²) in [5, 5.41) is 16.0. The van der Waals surface area contributed by atoms with E-state index < -0.39 is 39.2 Å². The van der Waals surface area contributed by atoms with Gasteiger partial charge >= 0.3 is 5.97 Å². The standard InChI is InChI=1S/C17H30Cl2N4O5/c1-5-17(18,19)9-28-16(26)13-7-6-8-23(27,22-13)12(4)21-15(25)14(11(2)3)20-10-24/h10-14,22,27H,5-9H2,1-4H3,(H-,20,21,24,25)/p+1. The van der Waals surface area contributed by atoms with Crippen molar-refractivity contribution in [3.05, 3.63) is 0 Å². The number of nitrogens with zero attached hydrogens (tertiary/aromatic N) is 1. The van der Waals surface area contributed by atoms with E-state index in [0.717, 1.165) is 0 Å². The van der Waals surface area contributed by atoms with Crippen LogP contribution in [0.3, 0.4) is 0 Å². The molecule has 1 aliphatic rings. The predicted octanol–water partition coefficient (Wildman–Crippen LogP) is 1.22. The zero-order chi connectivity index (χ0) is 21.5. The molecule has 1 heterocycles. The third kappa shape index (κ3) is 7.04. The second-order valence-electron chi connectivity index (χ2n) is 7.38. The third-order valence-electron chi connectivity index (χ3n) is 4.79. The van der Waals surface area contributed by atoms with Crippen molar-refractivity contribution < 1.29 is 29.1 Å². The summed E-state index contributed by atoms with van der Waals surface area (Å²) in [5.74, 6) is -1.13. The number of carbonyl (C=O) groups is 3. The van der Waals surface area contributed by atoms with Gasteiger partial charge in [0.15, 0.2) is 10.4 Å². The monoisotopic (exact) mass is 441 g/mol. The Balaban J connectivity index is 2.72. The molecule has 0 aromatic carbocycles. The minimum absolute atomic E-state index is 0.133. The summed E-state index contributed by atoms with van der Waals surface area (Å²) in [7, 11) is 0. The first-order valence-corrected chi connectivity index (χ1v) is 10.1. The van der Waals surface area contributed by atoms with Crippen molar-refractivity contribution in [1.82, 2.24) is 16.1 Å². The normalized spacial score (nSPS) is 24.9. The van der Waals surface area contributed by atoms with Gasteiger partial charge in [-0.15, -0.1) is 5.43 Å². The summed E-state index contributed by atoms with van der Waals surface area (Å²) in [6, 6.07) is -1.50. The van der Waals surface area contributed by atoms with Crippen LogP contribution in [0.1, 0.15) is 47.0 Å². The van der Waals surface area contributed by atoms with Gasteiger partial charge in [0.2, 0.25) is 18.5 Å². The van der Waals surface area contributed by atoms with Crippen molar-refractivity contribution in [2.45, 2.75) is 69.5 Å². The molecule has 28 heavy (non-hydrogen) atoms. The molecular weight excluding hydrogens is 411 g/mol. The van der Waals surface area contributed by atoms with Crippen LogP contribution in [0.15, 0.2) is 0 Å². The van der Waals surface area contributed by atoms with Gasteiger partial charge in [-0.2, -0.15) is 5.21 Å². The topological polar surface area (TPSA) is 117 Å². The zero-order valence-corrected chi connectivity index (χ0v) is 18.2. The lowest BCUT2D eigenvalue weighted by Gasteiger charge is -2.40. The summed E-state index contributed by atoms with van der Waals surface area (Å²) < 4.78 is 3.27. The Hall–Kier alpha value is -1.13. The Morgan fingerprint density at radius 1 is 1.39 bits per heavy atom. The van der Waals surface area contributed by atoms with Gasteiger partial charge in [-0.3, -0.25) is 14.4 Å². The summed E-state index contributed by atoms with van der Waals surface area (Å²) in [4.78, 5) is 35.5. The maximum atomic E-state index is 12.4. The number of hydrogen-bond acceptors (Lipinski definition) is 6. The molecule has 11 heteroatoms. The summed E-state index contributed by atoms with van der Waals surface area (Å²) in [6.45, 7) is 7.10. The molecule has 2 amide bonds. The molecule has 0 saturated carbocycles. The molecule has 1 rings (SSSR count). The molecule has 9 nitrogen and oxygen atoms in total. The number of amides is 2. The molecule has 0 aromatic heterocycles. The third-order valence-corrected chi connectivity index (χ3v) is 5.54. The van der Waals surface area contributed by atoms with E-state index in [-0.39, 0.29) is 19.1 Å². The average Bonchev–Trinajstić information content (AvgIpc) is 2.63. The van der Waals surface area contributed by atoms with Crippen LogP contribution >= 0.6 is 23.2 Å². The van der Waals surface area contributed by atoms with Crippen LogP contribution < -0.4 is 16.1 Å². The Bertz CT molecular complexity index is 564. The van der Waals surface area contributed by atoms with Crippen LogP contribution in [0.2, 0.25) is 0 Å². The fourth-order valence-electron chi connectivity index (χ4n) is 2.84. The first kappa shape index (κ1) is 24.9. The van der Waals surface area contributed by atoms with E-state index in [4.69, 9.17) is 27.9 Å². The molecule has 0 aromatic rings. The summed E-state index contributed by atoms with van der Waals surface area (Å²) in [6.07, 6.45) is 1.10. The number of nitrogens with one attached hydrogen (secondary N) is 3. The van der Waals surface area contributed by atoms with Crippen LogP contribution in [0, 0.1) is 5.92 Å². The maximum absolute atomic E-state index is 12.4. The van der Waals surface area contributed by atoms with E-state index in [0.29, 0.717) is 25.7 Å². The van der Waals surface area contributed by atoms with Crippen LogP contribution in [-0.2, 0) is 19.1 Å². The molecule has 4 N–H and O–H groups in total. The molecular formula is C17H31Cl2N4O5+. The highest BCUT2D eigenvalue weighted by molar-refractivity contribution is 6.48. The smallest absolute Gasteiger partial charge is 0.328 e. The highest BCUT2D eigenvalue weighted by Gasteiger charge is 2.44. The second-order valence-corrected chi connectivity index (χ2v) is 9.02. The van der Waals surface area contributed by atoms with Crippen molar-refractivity contribution >= 4 is 41.5 Å². The first-order chi connectivity index (χ1) is 13.0. The lowest BCUT2D eigenvalue weighted by molar-refractivity contribution is -1.16. The molecule has 0 aliphatic carbocycles. The molecule has 1 fully saturated rings. The fourth-order valence-corrected chi connectivity index (χ4v) is 2.95. The number of ether oxygens (including phenoxy) is 1. The quantitative estimate of drug-likeness (QED) is 0.175. The number of hydroxylamine groups is 2. The predicted molar refractivity (Wildman–Crippen MR) is 104 cm³/mol. The molecule has 0 bridgehead atoms. The zero-order valence-electron chi connectivity index (χ0n) is 16.7. The largest absolute Gasteiger partial charge is 0.461 e. The van der Waals surface area contributed by atoms with Crippen molar-refractivity contribution in [2.75, 3.05) is 13.2 Å². The van der Waals surface area contributed by atoms with E-state index in [1.54, 1.807) is 27.7 Å². The van der Waals surface area contributed by atoms with Gasteiger partial charge in [-0.25, -0.2) is 0 Å². The Kier molecular flexibility index (Phi) is 9.42. The Morgan fingerprint density at radius 3 is 2.57 bits per heavy atom. The van der Waals surface area contributed by atoms with E-state index in [1.807, 2.05) is 0 Å². The highest BCUT2D eigenvalue weighted by atomic mass is 35.5. The van der Waals surface area contributed by atoms with Crippen LogP contribution in [0.5, 0.6) is 0 Å². The van der Waals surface area contributed by atoms with Crippen LogP contribution in [0.25, 0.3) is 0 Å². The van der Waals surface area contributed by atoms with Crippen LogP contribution in [0.4, 0.5) is 0 Å². The Morgan fingerprint density at radius 2 is 2.04 bits per heavy atom. The van der Waals surface area contributed by atoms with E-state index in [1.165, 1.54) is 0 Å². The molecule has 0 spiro atoms.